The number of para-hydroxylation sites is 2. The van der Waals surface area contributed by atoms with Crippen LogP contribution in [0.3, 0.4) is 0 Å². The number of nitrogens with one attached hydrogen (secondary N) is 1. The molecule has 2 N–H and O–H groups in total. The number of aliphatic hydroxyl groups is 1. The van der Waals surface area contributed by atoms with Crippen molar-refractivity contribution in [1.82, 2.24) is 4.90 Å². The third-order valence-corrected chi connectivity index (χ3v) is 5.53. The van der Waals surface area contributed by atoms with Gasteiger partial charge in [-0.25, -0.2) is 0 Å². The van der Waals surface area contributed by atoms with Crippen molar-refractivity contribution >= 4 is 17.5 Å². The van der Waals surface area contributed by atoms with Gasteiger partial charge in [0.15, 0.2) is 18.1 Å². The van der Waals surface area contributed by atoms with Gasteiger partial charge in [-0.1, -0.05) is 12.1 Å². The van der Waals surface area contributed by atoms with Gasteiger partial charge in [0, 0.05) is 12.1 Å². The van der Waals surface area contributed by atoms with E-state index in [4.69, 9.17) is 14.2 Å². The molecule has 1 atom stereocenters. The van der Waals surface area contributed by atoms with E-state index >= 15 is 0 Å². The first-order chi connectivity index (χ1) is 14.8. The van der Waals surface area contributed by atoms with Crippen molar-refractivity contribution in [3.8, 4) is 17.2 Å². The molecule has 0 aliphatic carbocycles. The van der Waals surface area contributed by atoms with E-state index in [0.29, 0.717) is 41.5 Å². The molecule has 1 aliphatic rings. The molecule has 1 heterocycles. The molecule has 1 aliphatic heterocycles. The molecular formula is C23H28N2O6. The van der Waals surface area contributed by atoms with E-state index in [1.54, 1.807) is 41.3 Å². The minimum atomic E-state index is -0.643. The van der Waals surface area contributed by atoms with Crippen LogP contribution in [-0.2, 0) is 4.79 Å². The Bertz CT molecular complexity index is 959. The number of nitrogens with zero attached hydrogens (tertiary/aromatic N) is 1. The van der Waals surface area contributed by atoms with Gasteiger partial charge in [-0.15, -0.1) is 0 Å². The minimum Gasteiger partial charge on any atom is -0.495 e. The van der Waals surface area contributed by atoms with Crippen LogP contribution in [0.15, 0.2) is 42.5 Å². The first-order valence-electron chi connectivity index (χ1n) is 10.0. The Balaban J connectivity index is 1.68. The number of aliphatic hydroxyl groups excluding tert-OH is 1. The van der Waals surface area contributed by atoms with Crippen LogP contribution in [0.5, 0.6) is 17.2 Å². The third-order valence-electron chi connectivity index (χ3n) is 5.53. The first kappa shape index (κ1) is 22.4. The maximum Gasteiger partial charge on any atom is 0.262 e. The summed E-state index contributed by atoms with van der Waals surface area (Å²) in [6, 6.07) is 11.9. The summed E-state index contributed by atoms with van der Waals surface area (Å²) in [4.78, 5) is 26.9. The summed E-state index contributed by atoms with van der Waals surface area (Å²) in [6.45, 7) is 3.93. The second-order valence-electron chi connectivity index (χ2n) is 7.82. The quantitative estimate of drug-likeness (QED) is 0.704. The first-order valence-corrected chi connectivity index (χ1v) is 10.0. The van der Waals surface area contributed by atoms with Gasteiger partial charge in [-0.3, -0.25) is 9.59 Å². The highest BCUT2D eigenvalue weighted by atomic mass is 16.5. The summed E-state index contributed by atoms with van der Waals surface area (Å²) in [5.74, 6) is 0.675. The van der Waals surface area contributed by atoms with Gasteiger partial charge in [0.25, 0.3) is 11.8 Å². The Morgan fingerprint density at radius 3 is 2.45 bits per heavy atom. The summed E-state index contributed by atoms with van der Waals surface area (Å²) < 4.78 is 16.2. The molecule has 31 heavy (non-hydrogen) atoms. The Morgan fingerprint density at radius 2 is 1.81 bits per heavy atom. The largest absolute Gasteiger partial charge is 0.495 e. The molecule has 0 saturated carbocycles. The maximum atomic E-state index is 13.0. The zero-order chi connectivity index (χ0) is 22.6. The number of ether oxygens (including phenoxy) is 3. The van der Waals surface area contributed by atoms with Crippen LogP contribution in [0.1, 0.15) is 30.6 Å². The molecule has 8 nitrogen and oxygen atoms in total. The predicted molar refractivity (Wildman–Crippen MR) is 116 cm³/mol. The van der Waals surface area contributed by atoms with Gasteiger partial charge >= 0.3 is 0 Å². The molecule has 2 amide bonds. The zero-order valence-electron chi connectivity index (χ0n) is 18.2. The molecule has 2 aromatic rings. The highest BCUT2D eigenvalue weighted by Gasteiger charge is 2.43. The fraction of sp³-hybridized carbons (Fsp3) is 0.391. The van der Waals surface area contributed by atoms with Crippen LogP contribution in [-0.4, -0.2) is 60.8 Å². The number of hydrogen-bond donors (Lipinski definition) is 2. The van der Waals surface area contributed by atoms with Gasteiger partial charge in [0.2, 0.25) is 0 Å². The van der Waals surface area contributed by atoms with Gasteiger partial charge in [0.05, 0.1) is 31.5 Å². The van der Waals surface area contributed by atoms with E-state index in [1.165, 1.54) is 14.2 Å². The monoisotopic (exact) mass is 428 g/mol. The molecule has 0 bridgehead atoms. The molecule has 2 aromatic carbocycles. The standard InChI is InChI=1S/C23H28N2O6/c1-23(2)20(26)11-12-25(23)22(28)15-9-10-18(19(13-15)30-4)31-14-21(27)24-16-7-5-6-8-17(16)29-3/h5-10,13,20,26H,11-12,14H2,1-4H3,(H,24,27)/t20-/m0/s1. The summed E-state index contributed by atoms with van der Waals surface area (Å²) in [5.41, 5.74) is 0.322. The number of hydrogen-bond acceptors (Lipinski definition) is 6. The van der Waals surface area contributed by atoms with E-state index in [0.717, 1.165) is 0 Å². The van der Waals surface area contributed by atoms with Crippen molar-refractivity contribution in [2.24, 2.45) is 0 Å². The molecule has 0 aromatic heterocycles. The summed E-state index contributed by atoms with van der Waals surface area (Å²) in [6.07, 6.45) is -0.0269. The second-order valence-corrected chi connectivity index (χ2v) is 7.82. The molecule has 8 heteroatoms. The summed E-state index contributed by atoms with van der Waals surface area (Å²) in [7, 11) is 2.99. The van der Waals surface area contributed by atoms with E-state index in [2.05, 4.69) is 5.32 Å². The minimum absolute atomic E-state index is 0.194. The zero-order valence-corrected chi connectivity index (χ0v) is 18.2. The van der Waals surface area contributed by atoms with Crippen LogP contribution < -0.4 is 19.5 Å². The molecule has 1 fully saturated rings. The topological polar surface area (TPSA) is 97.3 Å². The van der Waals surface area contributed by atoms with Crippen molar-refractivity contribution in [3.63, 3.8) is 0 Å². The number of carbonyl (C=O) groups excluding carboxylic acids is 2. The normalized spacial score (nSPS) is 17.2. The fourth-order valence-electron chi connectivity index (χ4n) is 3.59. The van der Waals surface area contributed by atoms with Crippen molar-refractivity contribution in [1.29, 1.82) is 0 Å². The van der Waals surface area contributed by atoms with Crippen LogP contribution in [0.4, 0.5) is 5.69 Å². The summed E-state index contributed by atoms with van der Waals surface area (Å²) in [5, 5.41) is 12.9. The molecule has 0 radical (unpaired) electrons. The third kappa shape index (κ3) is 4.74. The van der Waals surface area contributed by atoms with E-state index in [-0.39, 0.29) is 18.4 Å². The lowest BCUT2D eigenvalue weighted by Gasteiger charge is -2.34. The maximum absolute atomic E-state index is 13.0. The van der Waals surface area contributed by atoms with Crippen LogP contribution in [0, 0.1) is 0 Å². The second kappa shape index (κ2) is 9.26. The number of methoxy groups -OCH3 is 2. The molecule has 166 valence electrons. The highest BCUT2D eigenvalue weighted by molar-refractivity contribution is 5.96. The predicted octanol–water partition coefficient (Wildman–Crippen LogP) is 2.71. The number of anilines is 1. The molecular weight excluding hydrogens is 400 g/mol. The van der Waals surface area contributed by atoms with Crippen LogP contribution >= 0.6 is 0 Å². The lowest BCUT2D eigenvalue weighted by atomic mass is 9.98. The average molecular weight is 428 g/mol. The van der Waals surface area contributed by atoms with Crippen molar-refractivity contribution in [3.05, 3.63) is 48.0 Å². The number of amides is 2. The van der Waals surface area contributed by atoms with Crippen molar-refractivity contribution in [2.45, 2.75) is 31.9 Å². The Morgan fingerprint density at radius 1 is 1.10 bits per heavy atom. The number of benzene rings is 2. The van der Waals surface area contributed by atoms with Gasteiger partial charge in [-0.2, -0.15) is 0 Å². The van der Waals surface area contributed by atoms with Gasteiger partial charge in [0.1, 0.15) is 5.75 Å². The lowest BCUT2D eigenvalue weighted by molar-refractivity contribution is -0.118. The molecule has 0 spiro atoms. The number of carbonyl (C=O) groups is 2. The van der Waals surface area contributed by atoms with Crippen LogP contribution in [0.2, 0.25) is 0 Å². The average Bonchev–Trinajstić information content (AvgIpc) is 3.04. The Hall–Kier alpha value is -3.26. The fourth-order valence-corrected chi connectivity index (χ4v) is 3.59. The highest BCUT2D eigenvalue weighted by Crippen LogP contribution is 2.33. The van der Waals surface area contributed by atoms with E-state index in [9.17, 15) is 14.7 Å². The molecule has 1 saturated heterocycles. The number of likely N-dealkylation sites (tertiary alicyclic amines) is 1. The summed E-state index contributed by atoms with van der Waals surface area (Å²) >= 11 is 0. The van der Waals surface area contributed by atoms with Gasteiger partial charge in [-0.05, 0) is 50.6 Å². The van der Waals surface area contributed by atoms with Gasteiger partial charge < -0.3 is 29.5 Å². The Labute approximate surface area is 181 Å². The molecule has 3 rings (SSSR count). The van der Waals surface area contributed by atoms with E-state index in [1.807, 2.05) is 19.9 Å². The van der Waals surface area contributed by atoms with Crippen LogP contribution in [0.25, 0.3) is 0 Å². The van der Waals surface area contributed by atoms with Crippen molar-refractivity contribution < 1.29 is 28.9 Å². The van der Waals surface area contributed by atoms with E-state index < -0.39 is 11.6 Å². The SMILES string of the molecule is COc1ccccc1NC(=O)COc1ccc(C(=O)N2CC[C@H](O)C2(C)C)cc1OC. The Kier molecular flexibility index (Phi) is 6.70. The van der Waals surface area contributed by atoms with Crippen molar-refractivity contribution in [2.75, 3.05) is 32.7 Å². The smallest absolute Gasteiger partial charge is 0.262 e. The molecule has 0 unspecified atom stereocenters. The number of rotatable bonds is 7. The lowest BCUT2D eigenvalue weighted by Crippen LogP contribution is -2.48.